The molecule has 0 amide bonds. The van der Waals surface area contributed by atoms with E-state index >= 15 is 0 Å². The standard InChI is InChI=1S/C9H15N3O3S/c1-6(16(2,13)14)7-11-8(15-12-7)9(5-10)3-4-9/h6H,3-5,10H2,1-2H3. The first-order valence-electron chi connectivity index (χ1n) is 5.12. The lowest BCUT2D eigenvalue weighted by Crippen LogP contribution is -2.20. The molecule has 2 rings (SSSR count). The van der Waals surface area contributed by atoms with Crippen molar-refractivity contribution in [1.29, 1.82) is 0 Å². The zero-order valence-electron chi connectivity index (χ0n) is 9.30. The number of sulfone groups is 1. The van der Waals surface area contributed by atoms with Gasteiger partial charge in [0.25, 0.3) is 0 Å². The van der Waals surface area contributed by atoms with Gasteiger partial charge >= 0.3 is 0 Å². The summed E-state index contributed by atoms with van der Waals surface area (Å²) in [5.74, 6) is 0.692. The van der Waals surface area contributed by atoms with Crippen LogP contribution in [0.5, 0.6) is 0 Å². The molecule has 0 aromatic carbocycles. The molecule has 0 aliphatic heterocycles. The van der Waals surface area contributed by atoms with E-state index in [4.69, 9.17) is 10.3 Å². The lowest BCUT2D eigenvalue weighted by Gasteiger charge is -2.04. The molecule has 0 radical (unpaired) electrons. The molecule has 1 aliphatic rings. The maximum atomic E-state index is 11.3. The highest BCUT2D eigenvalue weighted by Crippen LogP contribution is 2.46. The van der Waals surface area contributed by atoms with Gasteiger partial charge in [0.15, 0.2) is 15.7 Å². The van der Waals surface area contributed by atoms with Gasteiger partial charge in [-0.1, -0.05) is 5.16 Å². The molecule has 0 spiro atoms. The van der Waals surface area contributed by atoms with Gasteiger partial charge in [-0.15, -0.1) is 0 Å². The molecule has 7 heteroatoms. The van der Waals surface area contributed by atoms with Crippen molar-refractivity contribution in [3.05, 3.63) is 11.7 Å². The van der Waals surface area contributed by atoms with Gasteiger partial charge in [0.1, 0.15) is 5.25 Å². The largest absolute Gasteiger partial charge is 0.339 e. The fraction of sp³-hybridized carbons (Fsp3) is 0.778. The van der Waals surface area contributed by atoms with Crippen LogP contribution < -0.4 is 5.73 Å². The van der Waals surface area contributed by atoms with E-state index in [1.54, 1.807) is 6.92 Å². The van der Waals surface area contributed by atoms with Crippen molar-refractivity contribution < 1.29 is 12.9 Å². The van der Waals surface area contributed by atoms with Crippen LogP contribution in [0.25, 0.3) is 0 Å². The second-order valence-corrected chi connectivity index (χ2v) is 6.78. The summed E-state index contributed by atoms with van der Waals surface area (Å²) in [6, 6.07) is 0. The Morgan fingerprint density at radius 3 is 2.62 bits per heavy atom. The first-order chi connectivity index (χ1) is 7.39. The molecule has 1 unspecified atom stereocenters. The summed E-state index contributed by atoms with van der Waals surface area (Å²) in [6.45, 7) is 2.01. The Kier molecular flexibility index (Phi) is 2.54. The van der Waals surface area contributed by atoms with Gasteiger partial charge in [0.2, 0.25) is 5.89 Å². The van der Waals surface area contributed by atoms with E-state index in [0.717, 1.165) is 19.1 Å². The molecular weight excluding hydrogens is 230 g/mol. The van der Waals surface area contributed by atoms with Gasteiger partial charge in [-0.3, -0.25) is 0 Å². The van der Waals surface area contributed by atoms with E-state index in [-0.39, 0.29) is 11.2 Å². The second kappa shape index (κ2) is 3.53. The zero-order chi connectivity index (χ0) is 12.0. The van der Waals surface area contributed by atoms with E-state index in [9.17, 15) is 8.42 Å². The minimum atomic E-state index is -3.19. The third-order valence-corrected chi connectivity index (χ3v) is 4.64. The zero-order valence-corrected chi connectivity index (χ0v) is 10.1. The van der Waals surface area contributed by atoms with E-state index < -0.39 is 15.1 Å². The Labute approximate surface area is 94.1 Å². The highest BCUT2D eigenvalue weighted by Gasteiger charge is 2.48. The Balaban J connectivity index is 2.27. The van der Waals surface area contributed by atoms with Crippen molar-refractivity contribution in [2.75, 3.05) is 12.8 Å². The lowest BCUT2D eigenvalue weighted by molar-refractivity contribution is 0.343. The molecule has 90 valence electrons. The smallest absolute Gasteiger partial charge is 0.234 e. The molecule has 2 N–H and O–H groups in total. The van der Waals surface area contributed by atoms with E-state index in [2.05, 4.69) is 10.1 Å². The van der Waals surface area contributed by atoms with E-state index in [1.807, 2.05) is 0 Å². The first-order valence-corrected chi connectivity index (χ1v) is 7.07. The van der Waals surface area contributed by atoms with Crippen molar-refractivity contribution in [2.45, 2.75) is 30.4 Å². The molecule has 1 fully saturated rings. The van der Waals surface area contributed by atoms with Gasteiger partial charge in [-0.05, 0) is 19.8 Å². The number of hydrogen-bond donors (Lipinski definition) is 1. The Hall–Kier alpha value is -0.950. The van der Waals surface area contributed by atoms with Gasteiger partial charge in [-0.2, -0.15) is 4.98 Å². The van der Waals surface area contributed by atoms with Crippen LogP contribution in [0, 0.1) is 0 Å². The molecule has 1 aliphatic carbocycles. The van der Waals surface area contributed by atoms with Crippen molar-refractivity contribution in [2.24, 2.45) is 5.73 Å². The summed E-state index contributed by atoms with van der Waals surface area (Å²) in [4.78, 5) is 4.14. The number of rotatable bonds is 4. The molecule has 1 saturated carbocycles. The van der Waals surface area contributed by atoms with Gasteiger partial charge in [-0.25, -0.2) is 8.42 Å². The topological polar surface area (TPSA) is 99.1 Å². The number of nitrogens with two attached hydrogens (primary N) is 1. The molecule has 1 heterocycles. The fourth-order valence-corrected chi connectivity index (χ4v) is 1.94. The van der Waals surface area contributed by atoms with Crippen LogP contribution in [-0.2, 0) is 15.3 Å². The first kappa shape index (κ1) is 11.5. The fourth-order valence-electron chi connectivity index (χ4n) is 1.46. The van der Waals surface area contributed by atoms with Crippen molar-refractivity contribution in [3.8, 4) is 0 Å². The summed E-state index contributed by atoms with van der Waals surface area (Å²) < 4.78 is 27.8. The van der Waals surface area contributed by atoms with Crippen LogP contribution in [-0.4, -0.2) is 31.4 Å². The SMILES string of the molecule is CC(c1noc(C2(CN)CC2)n1)S(C)(=O)=O. The quantitative estimate of drug-likeness (QED) is 0.811. The van der Waals surface area contributed by atoms with Crippen molar-refractivity contribution >= 4 is 9.84 Å². The predicted molar refractivity (Wildman–Crippen MR) is 57.5 cm³/mol. The highest BCUT2D eigenvalue weighted by molar-refractivity contribution is 7.90. The lowest BCUT2D eigenvalue weighted by atomic mass is 10.1. The Morgan fingerprint density at radius 1 is 1.56 bits per heavy atom. The van der Waals surface area contributed by atoms with Gasteiger partial charge in [0, 0.05) is 12.8 Å². The van der Waals surface area contributed by atoms with Crippen LogP contribution in [0.1, 0.15) is 36.7 Å². The Bertz CT molecular complexity index is 490. The predicted octanol–water partition coefficient (Wildman–Crippen LogP) is 0.165. The molecule has 1 atom stereocenters. The summed E-state index contributed by atoms with van der Waals surface area (Å²) in [7, 11) is -3.19. The summed E-state index contributed by atoms with van der Waals surface area (Å²) in [5.41, 5.74) is 5.43. The Morgan fingerprint density at radius 2 is 2.19 bits per heavy atom. The van der Waals surface area contributed by atoms with Gasteiger partial charge < -0.3 is 10.3 Å². The molecule has 1 aromatic rings. The average Bonchev–Trinajstić information content (AvgIpc) is 2.86. The average molecular weight is 245 g/mol. The minimum absolute atomic E-state index is 0.192. The molecular formula is C9H15N3O3S. The van der Waals surface area contributed by atoms with E-state index in [0.29, 0.717) is 12.4 Å². The molecule has 16 heavy (non-hydrogen) atoms. The molecule has 0 bridgehead atoms. The molecule has 6 nitrogen and oxygen atoms in total. The van der Waals surface area contributed by atoms with Crippen LogP contribution in [0.15, 0.2) is 4.52 Å². The summed E-state index contributed by atoms with van der Waals surface area (Å²) in [6.07, 6.45) is 3.01. The number of nitrogens with zero attached hydrogens (tertiary/aromatic N) is 2. The highest BCUT2D eigenvalue weighted by atomic mass is 32.2. The second-order valence-electron chi connectivity index (χ2n) is 4.41. The van der Waals surface area contributed by atoms with Crippen molar-refractivity contribution in [1.82, 2.24) is 10.1 Å². The number of aromatic nitrogens is 2. The minimum Gasteiger partial charge on any atom is -0.339 e. The third-order valence-electron chi connectivity index (χ3n) is 3.15. The number of hydrogen-bond acceptors (Lipinski definition) is 6. The molecule has 0 saturated heterocycles. The maximum absolute atomic E-state index is 11.3. The summed E-state index contributed by atoms with van der Waals surface area (Å²) in [5, 5.41) is 2.98. The normalized spacial score (nSPS) is 20.7. The summed E-state index contributed by atoms with van der Waals surface area (Å²) >= 11 is 0. The monoisotopic (exact) mass is 245 g/mol. The van der Waals surface area contributed by atoms with Crippen LogP contribution in [0.2, 0.25) is 0 Å². The molecule has 1 aromatic heterocycles. The van der Waals surface area contributed by atoms with Crippen LogP contribution in [0.4, 0.5) is 0 Å². The van der Waals surface area contributed by atoms with Gasteiger partial charge in [0.05, 0.1) is 5.41 Å². The van der Waals surface area contributed by atoms with Crippen molar-refractivity contribution in [3.63, 3.8) is 0 Å². The van der Waals surface area contributed by atoms with E-state index in [1.165, 1.54) is 0 Å². The van der Waals surface area contributed by atoms with Crippen LogP contribution in [0.3, 0.4) is 0 Å². The third kappa shape index (κ3) is 1.84. The van der Waals surface area contributed by atoms with Crippen LogP contribution >= 0.6 is 0 Å². The maximum Gasteiger partial charge on any atom is 0.234 e.